The molecule has 0 aliphatic rings. The molecule has 8 nitrogen and oxygen atoms in total. The van der Waals surface area contributed by atoms with Gasteiger partial charge in [0, 0.05) is 20.6 Å². The molecule has 1 rings (SSSR count). The summed E-state index contributed by atoms with van der Waals surface area (Å²) in [5.41, 5.74) is 8.58. The highest BCUT2D eigenvalue weighted by Crippen LogP contribution is 2.32. The fourth-order valence-corrected chi connectivity index (χ4v) is 3.05. The lowest BCUT2D eigenvalue weighted by atomic mass is 10.1. The summed E-state index contributed by atoms with van der Waals surface area (Å²) in [6.07, 6.45) is 0. The van der Waals surface area contributed by atoms with Gasteiger partial charge in [0.15, 0.2) is 0 Å². The molecule has 0 radical (unpaired) electrons. The van der Waals surface area contributed by atoms with Crippen LogP contribution in [0.2, 0.25) is 0 Å². The Morgan fingerprint density at radius 3 is 2.33 bits per heavy atom. The number of azide groups is 1. The number of nitrogens with zero attached hydrogens (tertiary/aromatic N) is 4. The molecule has 96 valence electrons. The van der Waals surface area contributed by atoms with E-state index in [1.807, 2.05) is 0 Å². The molecule has 0 saturated heterocycles. The zero-order valence-corrected chi connectivity index (χ0v) is 10.7. The maximum atomic E-state index is 11.7. The van der Waals surface area contributed by atoms with Crippen LogP contribution in [0.5, 0.6) is 0 Å². The van der Waals surface area contributed by atoms with Crippen LogP contribution in [0, 0.1) is 30.9 Å². The molecular weight excluding hydrogens is 260 g/mol. The number of sulfonamides is 1. The van der Waals surface area contributed by atoms with Crippen LogP contribution in [-0.2, 0) is 10.0 Å². The first kappa shape index (κ1) is 13.9. The Labute approximate surface area is 103 Å². The number of aryl methyl sites for hydroxylation is 2. The van der Waals surface area contributed by atoms with Gasteiger partial charge in [0.2, 0.25) is 0 Å². The summed E-state index contributed by atoms with van der Waals surface area (Å²) in [7, 11) is -4.24. The molecule has 0 atom stereocenters. The normalized spacial score (nSPS) is 10.8. The number of hydrogen-bond acceptors (Lipinski definition) is 4. The van der Waals surface area contributed by atoms with Crippen molar-refractivity contribution in [3.63, 3.8) is 0 Å². The van der Waals surface area contributed by atoms with Crippen molar-refractivity contribution in [2.24, 2.45) is 4.52 Å². The van der Waals surface area contributed by atoms with Crippen molar-refractivity contribution in [1.82, 2.24) is 0 Å². The van der Waals surface area contributed by atoms with Crippen molar-refractivity contribution in [3.8, 4) is 0 Å². The summed E-state index contributed by atoms with van der Waals surface area (Å²) < 4.78 is 26.1. The van der Waals surface area contributed by atoms with Gasteiger partial charge in [-0.25, -0.2) is 8.42 Å². The van der Waals surface area contributed by atoms with Crippen molar-refractivity contribution in [1.29, 1.82) is 0 Å². The van der Waals surface area contributed by atoms with Crippen molar-refractivity contribution < 1.29 is 13.3 Å². The lowest BCUT2D eigenvalue weighted by Crippen LogP contribution is -2.06. The molecular formula is C9H10N4O4S. The molecule has 1 aromatic carbocycles. The smallest absolute Gasteiger partial charge is 0.258 e. The van der Waals surface area contributed by atoms with E-state index < -0.39 is 14.9 Å². The molecule has 0 amide bonds. The van der Waals surface area contributed by atoms with Crippen LogP contribution in [0.1, 0.15) is 16.7 Å². The zero-order valence-electron chi connectivity index (χ0n) is 9.91. The van der Waals surface area contributed by atoms with Crippen LogP contribution in [0.25, 0.3) is 10.4 Å². The lowest BCUT2D eigenvalue weighted by Gasteiger charge is -2.09. The van der Waals surface area contributed by atoms with E-state index in [1.165, 1.54) is 26.8 Å². The first-order valence-electron chi connectivity index (χ1n) is 4.79. The molecule has 9 heteroatoms. The molecule has 0 spiro atoms. The molecule has 0 aliphatic carbocycles. The van der Waals surface area contributed by atoms with E-state index >= 15 is 0 Å². The molecule has 1 aromatic rings. The quantitative estimate of drug-likeness (QED) is 0.275. The second-order valence-electron chi connectivity index (χ2n) is 3.72. The molecule has 0 bridgehead atoms. The minimum absolute atomic E-state index is 0.0232. The fraction of sp³-hybridized carbons (Fsp3) is 0.333. The third-order valence-electron chi connectivity index (χ3n) is 2.45. The molecule has 18 heavy (non-hydrogen) atoms. The molecule has 0 heterocycles. The van der Waals surface area contributed by atoms with Crippen molar-refractivity contribution in [2.75, 3.05) is 0 Å². The van der Waals surface area contributed by atoms with Crippen LogP contribution in [-0.4, -0.2) is 13.3 Å². The first-order valence-corrected chi connectivity index (χ1v) is 6.23. The van der Waals surface area contributed by atoms with Gasteiger partial charge in [-0.05, 0) is 37.9 Å². The third-order valence-corrected chi connectivity index (χ3v) is 3.88. The van der Waals surface area contributed by atoms with E-state index in [4.69, 9.17) is 5.53 Å². The van der Waals surface area contributed by atoms with Gasteiger partial charge in [0.05, 0.1) is 9.82 Å². The maximum absolute atomic E-state index is 11.7. The predicted molar refractivity (Wildman–Crippen MR) is 63.6 cm³/mol. The predicted octanol–water partition coefficient (Wildman–Crippen LogP) is 2.52. The number of nitro groups is 1. The highest BCUT2D eigenvalue weighted by Gasteiger charge is 2.26. The van der Waals surface area contributed by atoms with Gasteiger partial charge >= 0.3 is 0 Å². The minimum Gasteiger partial charge on any atom is -0.258 e. The molecule has 0 fully saturated rings. The van der Waals surface area contributed by atoms with Gasteiger partial charge in [-0.1, -0.05) is 0 Å². The van der Waals surface area contributed by atoms with Gasteiger partial charge in [-0.15, -0.1) is 0 Å². The Morgan fingerprint density at radius 2 is 1.89 bits per heavy atom. The van der Waals surface area contributed by atoms with E-state index in [0.717, 1.165) is 0 Å². The topological polar surface area (TPSA) is 126 Å². The summed E-state index contributed by atoms with van der Waals surface area (Å²) in [4.78, 5) is 12.2. The van der Waals surface area contributed by atoms with Gasteiger partial charge in [-0.2, -0.15) is 0 Å². The van der Waals surface area contributed by atoms with Gasteiger partial charge in [0.25, 0.3) is 15.7 Å². The highest BCUT2D eigenvalue weighted by atomic mass is 32.2. The van der Waals surface area contributed by atoms with Gasteiger partial charge in [-0.3, -0.25) is 10.1 Å². The number of nitro benzene ring substituents is 1. The highest BCUT2D eigenvalue weighted by molar-refractivity contribution is 7.90. The van der Waals surface area contributed by atoms with Crippen molar-refractivity contribution in [2.45, 2.75) is 25.7 Å². The number of hydrogen-bond donors (Lipinski definition) is 0. The molecule has 0 unspecified atom stereocenters. The minimum atomic E-state index is -4.24. The van der Waals surface area contributed by atoms with Crippen LogP contribution in [0.4, 0.5) is 5.69 Å². The SMILES string of the molecule is Cc1cc(C)c(S(=O)(=O)N=[N+]=[N-])c(C)c1[N+](=O)[O-]. The van der Waals surface area contributed by atoms with Crippen molar-refractivity contribution in [3.05, 3.63) is 43.3 Å². The van der Waals surface area contributed by atoms with Crippen LogP contribution in [0.3, 0.4) is 0 Å². The monoisotopic (exact) mass is 270 g/mol. The van der Waals surface area contributed by atoms with E-state index in [-0.39, 0.29) is 16.1 Å². The Balaban J connectivity index is 3.82. The third kappa shape index (κ3) is 2.27. The summed E-state index contributed by atoms with van der Waals surface area (Å²) in [6.45, 7) is 4.32. The van der Waals surface area contributed by atoms with Gasteiger partial charge < -0.3 is 0 Å². The Morgan fingerprint density at radius 1 is 1.33 bits per heavy atom. The van der Waals surface area contributed by atoms with E-state index in [0.29, 0.717) is 11.1 Å². The van der Waals surface area contributed by atoms with Crippen LogP contribution >= 0.6 is 0 Å². The Bertz CT molecular complexity index is 674. The number of benzene rings is 1. The molecule has 0 N–H and O–H groups in total. The maximum Gasteiger partial charge on any atom is 0.276 e. The van der Waals surface area contributed by atoms with E-state index in [2.05, 4.69) is 9.43 Å². The van der Waals surface area contributed by atoms with Gasteiger partial charge in [0.1, 0.15) is 0 Å². The van der Waals surface area contributed by atoms with Crippen LogP contribution in [0.15, 0.2) is 15.5 Å². The standard InChI is InChI=1S/C9H10N4O4S/c1-5-4-6(2)9(18(16,17)12-11-10)7(3)8(5)13(14)15/h4H,1-3H3. The zero-order chi connectivity index (χ0) is 14.1. The largest absolute Gasteiger partial charge is 0.276 e. The van der Waals surface area contributed by atoms with E-state index in [9.17, 15) is 18.5 Å². The number of rotatable bonds is 3. The Hall–Kier alpha value is -2.12. The molecule has 0 aliphatic heterocycles. The summed E-state index contributed by atoms with van der Waals surface area (Å²) in [5, 5.41) is 10.9. The average Bonchev–Trinajstić information content (AvgIpc) is 2.14. The molecule has 0 saturated carbocycles. The second-order valence-corrected chi connectivity index (χ2v) is 5.24. The molecule has 0 aromatic heterocycles. The average molecular weight is 270 g/mol. The lowest BCUT2D eigenvalue weighted by molar-refractivity contribution is -0.386. The van der Waals surface area contributed by atoms with E-state index in [1.54, 1.807) is 0 Å². The fourth-order valence-electron chi connectivity index (χ4n) is 1.92. The summed E-state index contributed by atoms with van der Waals surface area (Å²) in [5.74, 6) is 0. The summed E-state index contributed by atoms with van der Waals surface area (Å²) >= 11 is 0. The second kappa shape index (κ2) is 4.63. The summed E-state index contributed by atoms with van der Waals surface area (Å²) in [6, 6.07) is 1.38. The first-order chi connectivity index (χ1) is 8.22. The Kier molecular flexibility index (Phi) is 3.59. The van der Waals surface area contributed by atoms with Crippen LogP contribution < -0.4 is 0 Å². The van der Waals surface area contributed by atoms with Crippen molar-refractivity contribution >= 4 is 15.7 Å².